The summed E-state index contributed by atoms with van der Waals surface area (Å²) in [6.07, 6.45) is 16.3. The van der Waals surface area contributed by atoms with Gasteiger partial charge in [0.05, 0.1) is 0 Å². The number of hydrogen-bond acceptors (Lipinski definition) is 2. The Morgan fingerprint density at radius 2 is 1.75 bits per heavy atom. The van der Waals surface area contributed by atoms with Crippen molar-refractivity contribution in [3.05, 3.63) is 0 Å². The third-order valence-electron chi connectivity index (χ3n) is 6.32. The van der Waals surface area contributed by atoms with Gasteiger partial charge in [-0.25, -0.2) is 0 Å². The highest BCUT2D eigenvalue weighted by molar-refractivity contribution is 4.88. The lowest BCUT2D eigenvalue weighted by molar-refractivity contribution is 0.0662. The second kappa shape index (κ2) is 7.26. The van der Waals surface area contributed by atoms with E-state index in [0.29, 0.717) is 0 Å². The number of hydrogen-bond donors (Lipinski definition) is 1. The first-order chi connectivity index (χ1) is 9.86. The van der Waals surface area contributed by atoms with E-state index in [1.807, 2.05) is 0 Å². The van der Waals surface area contributed by atoms with Crippen molar-refractivity contribution in [3.63, 3.8) is 0 Å². The van der Waals surface area contributed by atoms with E-state index in [9.17, 15) is 0 Å². The van der Waals surface area contributed by atoms with Crippen molar-refractivity contribution in [2.24, 2.45) is 11.3 Å². The molecule has 0 aromatic rings. The highest BCUT2D eigenvalue weighted by atomic mass is 15.1. The molecule has 3 rings (SSSR count). The van der Waals surface area contributed by atoms with Crippen LogP contribution in [0.2, 0.25) is 0 Å². The van der Waals surface area contributed by atoms with Crippen LogP contribution >= 0.6 is 0 Å². The molecule has 3 aliphatic rings. The lowest BCUT2D eigenvalue weighted by atomic mass is 9.68. The number of nitrogens with zero attached hydrogens (tertiary/aromatic N) is 1. The molecule has 20 heavy (non-hydrogen) atoms. The van der Waals surface area contributed by atoms with E-state index in [4.69, 9.17) is 0 Å². The molecule has 1 unspecified atom stereocenters. The lowest BCUT2D eigenvalue weighted by Crippen LogP contribution is -2.41. The first-order valence-electron chi connectivity index (χ1n) is 9.29. The minimum atomic E-state index is 0.780. The summed E-state index contributed by atoms with van der Waals surface area (Å²) < 4.78 is 0. The minimum absolute atomic E-state index is 0.780. The molecule has 2 aliphatic heterocycles. The SMILES string of the molecule is C1CCC2(CC1)CCN(CCCC1CCCNC1)CC2. The predicted molar refractivity (Wildman–Crippen MR) is 86.0 cm³/mol. The van der Waals surface area contributed by atoms with E-state index < -0.39 is 0 Å². The van der Waals surface area contributed by atoms with Gasteiger partial charge in [0.1, 0.15) is 0 Å². The van der Waals surface area contributed by atoms with Crippen LogP contribution in [-0.2, 0) is 0 Å². The molecule has 0 bridgehead atoms. The molecule has 1 saturated carbocycles. The third-order valence-corrected chi connectivity index (χ3v) is 6.32. The number of piperidine rings is 2. The van der Waals surface area contributed by atoms with Crippen LogP contribution in [0, 0.1) is 11.3 Å². The van der Waals surface area contributed by atoms with Crippen molar-refractivity contribution in [1.29, 1.82) is 0 Å². The highest BCUT2D eigenvalue weighted by Crippen LogP contribution is 2.44. The van der Waals surface area contributed by atoms with Crippen LogP contribution in [0.1, 0.15) is 70.6 Å². The van der Waals surface area contributed by atoms with Crippen LogP contribution < -0.4 is 5.32 Å². The zero-order chi connectivity index (χ0) is 13.7. The summed E-state index contributed by atoms with van der Waals surface area (Å²) in [4.78, 5) is 2.76. The van der Waals surface area contributed by atoms with Crippen LogP contribution in [0.5, 0.6) is 0 Å². The molecule has 1 spiro atoms. The van der Waals surface area contributed by atoms with Crippen LogP contribution in [0.4, 0.5) is 0 Å². The molecule has 116 valence electrons. The summed E-state index contributed by atoms with van der Waals surface area (Å²) in [7, 11) is 0. The van der Waals surface area contributed by atoms with Crippen molar-refractivity contribution in [3.8, 4) is 0 Å². The fourth-order valence-corrected chi connectivity index (χ4v) is 4.83. The van der Waals surface area contributed by atoms with Crippen LogP contribution in [-0.4, -0.2) is 37.6 Å². The van der Waals surface area contributed by atoms with Gasteiger partial charge in [-0.05, 0) is 95.4 Å². The summed E-state index contributed by atoms with van der Waals surface area (Å²) in [5, 5.41) is 3.55. The van der Waals surface area contributed by atoms with Gasteiger partial charge in [-0.15, -0.1) is 0 Å². The monoisotopic (exact) mass is 278 g/mol. The fraction of sp³-hybridized carbons (Fsp3) is 1.00. The second-order valence-electron chi connectivity index (χ2n) is 7.76. The largest absolute Gasteiger partial charge is 0.316 e. The molecule has 2 saturated heterocycles. The van der Waals surface area contributed by atoms with Crippen LogP contribution in [0.3, 0.4) is 0 Å². The summed E-state index contributed by atoms with van der Waals surface area (Å²) >= 11 is 0. The van der Waals surface area contributed by atoms with Crippen molar-refractivity contribution in [2.45, 2.75) is 70.6 Å². The fourth-order valence-electron chi connectivity index (χ4n) is 4.83. The summed E-state index contributed by atoms with van der Waals surface area (Å²) in [5.41, 5.74) is 0.780. The Morgan fingerprint density at radius 1 is 0.950 bits per heavy atom. The molecule has 1 N–H and O–H groups in total. The topological polar surface area (TPSA) is 15.3 Å². The van der Waals surface area contributed by atoms with Crippen LogP contribution in [0.15, 0.2) is 0 Å². The molecule has 0 amide bonds. The predicted octanol–water partition coefficient (Wildman–Crippen LogP) is 3.81. The Balaban J connectivity index is 1.32. The van der Waals surface area contributed by atoms with Gasteiger partial charge in [-0.3, -0.25) is 0 Å². The Bertz CT molecular complexity index is 267. The Labute approximate surface area is 125 Å². The average molecular weight is 278 g/mol. The van der Waals surface area contributed by atoms with E-state index >= 15 is 0 Å². The average Bonchev–Trinajstić information content (AvgIpc) is 2.52. The van der Waals surface area contributed by atoms with Gasteiger partial charge in [-0.2, -0.15) is 0 Å². The Hall–Kier alpha value is -0.0800. The first kappa shape index (κ1) is 14.8. The van der Waals surface area contributed by atoms with Crippen molar-refractivity contribution in [2.75, 3.05) is 32.7 Å². The second-order valence-corrected chi connectivity index (χ2v) is 7.76. The van der Waals surface area contributed by atoms with Gasteiger partial charge in [0.15, 0.2) is 0 Å². The molecule has 0 aromatic heterocycles. The third kappa shape index (κ3) is 3.98. The Kier molecular flexibility index (Phi) is 5.39. The highest BCUT2D eigenvalue weighted by Gasteiger charge is 2.35. The van der Waals surface area contributed by atoms with Gasteiger partial charge in [0.2, 0.25) is 0 Å². The smallest absolute Gasteiger partial charge is 0.00134 e. The molecule has 2 heteroatoms. The van der Waals surface area contributed by atoms with E-state index in [-0.39, 0.29) is 0 Å². The normalized spacial score (nSPS) is 31.5. The molecule has 1 atom stereocenters. The quantitative estimate of drug-likeness (QED) is 0.841. The van der Waals surface area contributed by atoms with Crippen LogP contribution in [0.25, 0.3) is 0 Å². The van der Waals surface area contributed by atoms with Gasteiger partial charge in [-0.1, -0.05) is 19.3 Å². The molecular weight excluding hydrogens is 244 g/mol. The van der Waals surface area contributed by atoms with Crippen molar-refractivity contribution >= 4 is 0 Å². The first-order valence-corrected chi connectivity index (χ1v) is 9.29. The molecule has 1 aliphatic carbocycles. The van der Waals surface area contributed by atoms with E-state index in [1.165, 1.54) is 103 Å². The van der Waals surface area contributed by atoms with Gasteiger partial charge in [0.25, 0.3) is 0 Å². The summed E-state index contributed by atoms with van der Waals surface area (Å²) in [5.74, 6) is 0.971. The molecule has 3 fully saturated rings. The maximum absolute atomic E-state index is 3.55. The molecule has 0 radical (unpaired) electrons. The maximum atomic E-state index is 3.55. The number of nitrogens with one attached hydrogen (secondary N) is 1. The van der Waals surface area contributed by atoms with Crippen molar-refractivity contribution in [1.82, 2.24) is 10.2 Å². The van der Waals surface area contributed by atoms with Gasteiger partial charge >= 0.3 is 0 Å². The van der Waals surface area contributed by atoms with Gasteiger partial charge in [0, 0.05) is 0 Å². The van der Waals surface area contributed by atoms with E-state index in [0.717, 1.165) is 11.3 Å². The lowest BCUT2D eigenvalue weighted by Gasteiger charge is -2.44. The van der Waals surface area contributed by atoms with E-state index in [2.05, 4.69) is 10.2 Å². The molecule has 0 aromatic carbocycles. The number of rotatable bonds is 4. The molecule has 2 nitrogen and oxygen atoms in total. The maximum Gasteiger partial charge on any atom is -0.00134 e. The van der Waals surface area contributed by atoms with E-state index in [1.54, 1.807) is 0 Å². The molecular formula is C18H34N2. The number of likely N-dealkylation sites (tertiary alicyclic amines) is 1. The summed E-state index contributed by atoms with van der Waals surface area (Å²) in [6, 6.07) is 0. The minimum Gasteiger partial charge on any atom is -0.316 e. The Morgan fingerprint density at radius 3 is 2.45 bits per heavy atom. The standard InChI is InChI=1S/C18H34N2/c1-2-8-18(9-3-1)10-14-20(15-11-18)13-5-7-17-6-4-12-19-16-17/h17,19H,1-16H2. The summed E-state index contributed by atoms with van der Waals surface area (Å²) in [6.45, 7) is 6.69. The van der Waals surface area contributed by atoms with Crippen molar-refractivity contribution < 1.29 is 0 Å². The van der Waals surface area contributed by atoms with Gasteiger partial charge < -0.3 is 10.2 Å². The molecule has 2 heterocycles. The zero-order valence-corrected chi connectivity index (χ0v) is 13.3. The zero-order valence-electron chi connectivity index (χ0n) is 13.3.